The second kappa shape index (κ2) is 9.98. The van der Waals surface area contributed by atoms with Gasteiger partial charge < -0.3 is 4.90 Å². The first-order chi connectivity index (χ1) is 15.9. The van der Waals surface area contributed by atoms with Crippen molar-refractivity contribution in [2.75, 3.05) is 13.1 Å². The quantitative estimate of drug-likeness (QED) is 0.380. The highest BCUT2D eigenvalue weighted by Crippen LogP contribution is 2.25. The summed E-state index contributed by atoms with van der Waals surface area (Å²) < 4.78 is 1.64. The number of rotatable bonds is 7. The molecule has 7 heteroatoms. The summed E-state index contributed by atoms with van der Waals surface area (Å²) in [7, 11) is 0. The Morgan fingerprint density at radius 2 is 1.70 bits per heavy atom. The largest absolute Gasteiger partial charge is 0.339 e. The van der Waals surface area contributed by atoms with Crippen molar-refractivity contribution in [3.63, 3.8) is 0 Å². The molecular weight excluding hydrogens is 416 g/mol. The molecule has 0 aliphatic carbocycles. The van der Waals surface area contributed by atoms with Crippen molar-refractivity contribution in [1.29, 1.82) is 0 Å². The fraction of sp³-hybridized carbons (Fsp3) is 0.385. The molecule has 2 heterocycles. The van der Waals surface area contributed by atoms with Gasteiger partial charge in [-0.25, -0.2) is 0 Å². The first-order valence-corrected chi connectivity index (χ1v) is 11.5. The Morgan fingerprint density at radius 1 is 1.03 bits per heavy atom. The van der Waals surface area contributed by atoms with Gasteiger partial charge in [0, 0.05) is 18.7 Å². The molecule has 1 aromatic heterocycles. The van der Waals surface area contributed by atoms with Gasteiger partial charge in [-0.2, -0.15) is 5.10 Å². The first-order valence-electron chi connectivity index (χ1n) is 11.5. The van der Waals surface area contributed by atoms with Crippen molar-refractivity contribution in [1.82, 2.24) is 14.7 Å². The zero-order valence-electron chi connectivity index (χ0n) is 19.2. The van der Waals surface area contributed by atoms with E-state index in [4.69, 9.17) is 0 Å². The summed E-state index contributed by atoms with van der Waals surface area (Å²) in [4.78, 5) is 25.7. The number of nitrogens with zero attached hydrogens (tertiary/aromatic N) is 4. The summed E-state index contributed by atoms with van der Waals surface area (Å²) in [5.74, 6) is 0.742. The summed E-state index contributed by atoms with van der Waals surface area (Å²) >= 11 is 0. The normalized spacial score (nSPS) is 14.4. The van der Waals surface area contributed by atoms with Crippen molar-refractivity contribution in [2.45, 2.75) is 46.1 Å². The molecule has 4 rings (SSSR count). The van der Waals surface area contributed by atoms with Gasteiger partial charge in [-0.3, -0.25) is 19.6 Å². The van der Waals surface area contributed by atoms with Crippen LogP contribution in [-0.2, 0) is 13.0 Å². The zero-order valence-corrected chi connectivity index (χ0v) is 19.2. The lowest BCUT2D eigenvalue weighted by molar-refractivity contribution is -0.386. The number of aryl methyl sites for hydroxylation is 2. The highest BCUT2D eigenvalue weighted by molar-refractivity contribution is 5.94. The molecule has 1 amide bonds. The molecule has 0 radical (unpaired) electrons. The third kappa shape index (κ3) is 5.30. The van der Waals surface area contributed by atoms with Crippen molar-refractivity contribution in [3.8, 4) is 0 Å². The third-order valence-electron chi connectivity index (χ3n) is 6.64. The van der Waals surface area contributed by atoms with Gasteiger partial charge in [0.15, 0.2) is 0 Å². The lowest BCUT2D eigenvalue weighted by Gasteiger charge is -2.32. The molecule has 0 spiro atoms. The van der Waals surface area contributed by atoms with Crippen molar-refractivity contribution >= 4 is 11.6 Å². The van der Waals surface area contributed by atoms with Crippen LogP contribution in [0.2, 0.25) is 0 Å². The molecule has 1 saturated heterocycles. The van der Waals surface area contributed by atoms with Crippen LogP contribution in [0.5, 0.6) is 0 Å². The van der Waals surface area contributed by atoms with E-state index in [2.05, 4.69) is 29.4 Å². The van der Waals surface area contributed by atoms with Crippen LogP contribution < -0.4 is 0 Å². The molecule has 1 aliphatic heterocycles. The van der Waals surface area contributed by atoms with Crippen LogP contribution in [-0.4, -0.2) is 38.6 Å². The van der Waals surface area contributed by atoms with Crippen molar-refractivity contribution in [3.05, 3.63) is 92.8 Å². The number of nitro groups is 1. The number of aromatic nitrogens is 2. The molecule has 0 N–H and O–H groups in total. The fourth-order valence-corrected chi connectivity index (χ4v) is 4.65. The van der Waals surface area contributed by atoms with Gasteiger partial charge in [0.25, 0.3) is 5.91 Å². The minimum atomic E-state index is -0.388. The number of hydrogen-bond donors (Lipinski definition) is 0. The summed E-state index contributed by atoms with van der Waals surface area (Å²) in [6.45, 7) is 5.39. The maximum Gasteiger partial charge on any atom is 0.312 e. The molecule has 1 fully saturated rings. The molecule has 7 nitrogen and oxygen atoms in total. The van der Waals surface area contributed by atoms with Crippen LogP contribution in [0.1, 0.15) is 52.1 Å². The molecular formula is C26H30N4O3. The second-order valence-corrected chi connectivity index (χ2v) is 8.89. The van der Waals surface area contributed by atoms with Gasteiger partial charge in [-0.05, 0) is 68.7 Å². The predicted octanol–water partition coefficient (Wildman–Crippen LogP) is 4.94. The SMILES string of the molecule is Cc1nn(Cc2ccc(C(=O)N3CCC(CCc4ccccc4)CC3)cc2)c(C)c1[N+](=O)[O-]. The van der Waals surface area contributed by atoms with E-state index in [1.165, 1.54) is 12.0 Å². The number of piperidine rings is 1. The molecule has 0 bridgehead atoms. The van der Waals surface area contributed by atoms with Gasteiger partial charge in [0.1, 0.15) is 11.4 Å². The van der Waals surface area contributed by atoms with Gasteiger partial charge in [0.2, 0.25) is 0 Å². The lowest BCUT2D eigenvalue weighted by atomic mass is 9.90. The van der Waals surface area contributed by atoms with Crippen LogP contribution in [0.3, 0.4) is 0 Å². The minimum absolute atomic E-state index is 0.0639. The van der Waals surface area contributed by atoms with Gasteiger partial charge in [-0.15, -0.1) is 0 Å². The molecule has 1 aliphatic rings. The van der Waals surface area contributed by atoms with E-state index in [-0.39, 0.29) is 16.5 Å². The average molecular weight is 447 g/mol. The number of hydrogen-bond acceptors (Lipinski definition) is 4. The standard InChI is InChI=1S/C26H30N4O3/c1-19-25(30(32)33)20(2)29(27-19)18-23-10-12-24(13-11-23)26(31)28-16-14-22(15-17-28)9-8-21-6-4-3-5-7-21/h3-7,10-13,22H,8-9,14-18H2,1-2H3. The maximum absolute atomic E-state index is 13.0. The highest BCUT2D eigenvalue weighted by atomic mass is 16.6. The Labute approximate surface area is 194 Å². The Balaban J connectivity index is 1.31. The molecule has 0 atom stereocenters. The fourth-order valence-electron chi connectivity index (χ4n) is 4.65. The highest BCUT2D eigenvalue weighted by Gasteiger charge is 2.24. The maximum atomic E-state index is 13.0. The molecule has 172 valence electrons. The van der Waals surface area contributed by atoms with Crippen LogP contribution in [0, 0.1) is 29.9 Å². The number of carbonyl (C=O) groups excluding carboxylic acids is 1. The summed E-state index contributed by atoms with van der Waals surface area (Å²) in [5, 5.41) is 15.5. The number of benzene rings is 2. The van der Waals surface area contributed by atoms with Crippen LogP contribution in [0.25, 0.3) is 0 Å². The van der Waals surface area contributed by atoms with Gasteiger partial charge in [-0.1, -0.05) is 42.5 Å². The van der Waals surface area contributed by atoms with Crippen LogP contribution in [0.4, 0.5) is 5.69 Å². The molecule has 0 unspecified atom stereocenters. The van der Waals surface area contributed by atoms with E-state index in [1.807, 2.05) is 35.2 Å². The van der Waals surface area contributed by atoms with Crippen LogP contribution in [0.15, 0.2) is 54.6 Å². The molecule has 3 aromatic rings. The molecule has 33 heavy (non-hydrogen) atoms. The Bertz CT molecular complexity index is 1110. The van der Waals surface area contributed by atoms with E-state index in [9.17, 15) is 14.9 Å². The van der Waals surface area contributed by atoms with Crippen molar-refractivity contribution in [2.24, 2.45) is 5.92 Å². The second-order valence-electron chi connectivity index (χ2n) is 8.89. The van der Waals surface area contributed by atoms with Gasteiger partial charge in [0.05, 0.1) is 11.5 Å². The van der Waals surface area contributed by atoms with Gasteiger partial charge >= 0.3 is 5.69 Å². The van der Waals surface area contributed by atoms with E-state index in [0.29, 0.717) is 29.4 Å². The number of amides is 1. The summed E-state index contributed by atoms with van der Waals surface area (Å²) in [5.41, 5.74) is 4.02. The van der Waals surface area contributed by atoms with E-state index >= 15 is 0 Å². The lowest BCUT2D eigenvalue weighted by Crippen LogP contribution is -2.38. The Morgan fingerprint density at radius 3 is 2.30 bits per heavy atom. The van der Waals surface area contributed by atoms with Crippen LogP contribution >= 0.6 is 0 Å². The third-order valence-corrected chi connectivity index (χ3v) is 6.64. The van der Waals surface area contributed by atoms with E-state index in [0.717, 1.165) is 37.9 Å². The molecule has 2 aromatic carbocycles. The smallest absolute Gasteiger partial charge is 0.312 e. The van der Waals surface area contributed by atoms with E-state index in [1.54, 1.807) is 18.5 Å². The first kappa shape index (κ1) is 22.7. The average Bonchev–Trinajstić information content (AvgIpc) is 3.11. The summed E-state index contributed by atoms with van der Waals surface area (Å²) in [6.07, 6.45) is 4.37. The van der Waals surface area contributed by atoms with E-state index < -0.39 is 0 Å². The predicted molar refractivity (Wildman–Crippen MR) is 127 cm³/mol. The zero-order chi connectivity index (χ0) is 23.4. The minimum Gasteiger partial charge on any atom is -0.339 e. The summed E-state index contributed by atoms with van der Waals surface area (Å²) in [6, 6.07) is 18.1. The number of likely N-dealkylation sites (tertiary alicyclic amines) is 1. The monoisotopic (exact) mass is 446 g/mol. The van der Waals surface area contributed by atoms with Crippen molar-refractivity contribution < 1.29 is 9.72 Å². The Kier molecular flexibility index (Phi) is 6.87. The topological polar surface area (TPSA) is 81.3 Å². The Hall–Kier alpha value is -3.48. The number of carbonyl (C=O) groups is 1. The molecule has 0 saturated carbocycles.